The Bertz CT molecular complexity index is 1170. The molecule has 0 aliphatic heterocycles. The summed E-state index contributed by atoms with van der Waals surface area (Å²) in [4.78, 5) is 0. The third-order valence-corrected chi connectivity index (χ3v) is 5.57. The van der Waals surface area contributed by atoms with Crippen LogP contribution in [0.4, 0.5) is 33.3 Å². The van der Waals surface area contributed by atoms with Crippen molar-refractivity contribution in [2.24, 2.45) is 0 Å². The van der Waals surface area contributed by atoms with E-state index < -0.39 is 23.6 Å². The predicted molar refractivity (Wildman–Crippen MR) is 117 cm³/mol. The highest BCUT2D eigenvalue weighted by Gasteiger charge is 2.31. The number of nitrogens with one attached hydrogen (secondary N) is 1. The summed E-state index contributed by atoms with van der Waals surface area (Å²) in [5.41, 5.74) is 10.9. The molecule has 0 aromatic heterocycles. The van der Waals surface area contributed by atoms with Gasteiger partial charge in [-0.05, 0) is 83.9 Å². The number of anilines is 2. The minimum atomic E-state index is -4.95. The number of fused-ring (bicyclic) bond motifs is 1. The molecule has 7 heteroatoms. The summed E-state index contributed by atoms with van der Waals surface area (Å²) < 4.78 is 67.2. The molecule has 3 N–H and O–H groups in total. The molecular weight excluding hydrogens is 423 g/mol. The molecule has 0 spiro atoms. The number of allylic oxidation sites excluding steroid dienone is 1. The van der Waals surface area contributed by atoms with E-state index in [1.54, 1.807) is 6.07 Å². The van der Waals surface area contributed by atoms with Crippen molar-refractivity contribution in [3.05, 3.63) is 94.0 Å². The standard InChI is InChI=1S/C25H21F5N2/c1-14-5-7-15(8-6-14)23-19(4-2-3-16-11-18(31)9-10-20(16)23)17-12-21(26)24(22(27)13-17)32-25(28,29)30/h5-13,32H,2-4,31H2,1H3. The zero-order valence-electron chi connectivity index (χ0n) is 17.3. The molecule has 0 radical (unpaired) electrons. The van der Waals surface area contributed by atoms with Gasteiger partial charge in [-0.3, -0.25) is 5.32 Å². The Balaban J connectivity index is 1.95. The van der Waals surface area contributed by atoms with Crippen LogP contribution in [-0.2, 0) is 6.42 Å². The van der Waals surface area contributed by atoms with E-state index >= 15 is 0 Å². The van der Waals surface area contributed by atoms with Gasteiger partial charge in [0.05, 0.1) is 0 Å². The van der Waals surface area contributed by atoms with Gasteiger partial charge in [-0.25, -0.2) is 8.78 Å². The van der Waals surface area contributed by atoms with E-state index in [2.05, 4.69) is 0 Å². The van der Waals surface area contributed by atoms with Gasteiger partial charge in [-0.1, -0.05) is 35.9 Å². The molecule has 4 rings (SSSR count). The van der Waals surface area contributed by atoms with Crippen LogP contribution < -0.4 is 11.1 Å². The van der Waals surface area contributed by atoms with Crippen molar-refractivity contribution in [2.75, 3.05) is 11.1 Å². The molecule has 32 heavy (non-hydrogen) atoms. The number of alkyl halides is 3. The normalized spacial score (nSPS) is 14.2. The smallest absolute Gasteiger partial charge is 0.399 e. The molecular formula is C25H21F5N2. The van der Waals surface area contributed by atoms with Gasteiger partial charge in [0.2, 0.25) is 0 Å². The summed E-state index contributed by atoms with van der Waals surface area (Å²) in [5.74, 6) is -2.59. The van der Waals surface area contributed by atoms with Crippen molar-refractivity contribution in [1.82, 2.24) is 0 Å². The van der Waals surface area contributed by atoms with Gasteiger partial charge in [-0.2, -0.15) is 13.2 Å². The van der Waals surface area contributed by atoms with Gasteiger partial charge >= 0.3 is 6.30 Å². The lowest BCUT2D eigenvalue weighted by atomic mass is 9.87. The number of nitrogen functional groups attached to an aromatic ring is 1. The zero-order chi connectivity index (χ0) is 23.0. The summed E-state index contributed by atoms with van der Waals surface area (Å²) in [6.07, 6.45) is -3.02. The number of benzene rings is 3. The van der Waals surface area contributed by atoms with E-state index in [1.165, 1.54) is 0 Å². The van der Waals surface area contributed by atoms with E-state index in [-0.39, 0.29) is 5.56 Å². The van der Waals surface area contributed by atoms with Crippen LogP contribution in [0.5, 0.6) is 0 Å². The van der Waals surface area contributed by atoms with Crippen molar-refractivity contribution in [3.8, 4) is 0 Å². The van der Waals surface area contributed by atoms with E-state index in [4.69, 9.17) is 5.73 Å². The highest BCUT2D eigenvalue weighted by atomic mass is 19.4. The molecule has 0 saturated heterocycles. The molecule has 1 aliphatic carbocycles. The Kier molecular flexibility index (Phi) is 5.67. The fourth-order valence-electron chi connectivity index (χ4n) is 4.15. The Hall–Kier alpha value is -3.35. The maximum Gasteiger partial charge on any atom is 0.482 e. The van der Waals surface area contributed by atoms with Crippen molar-refractivity contribution in [3.63, 3.8) is 0 Å². The maximum atomic E-state index is 14.6. The fourth-order valence-corrected chi connectivity index (χ4v) is 4.15. The van der Waals surface area contributed by atoms with Crippen molar-refractivity contribution in [2.45, 2.75) is 32.5 Å². The van der Waals surface area contributed by atoms with Gasteiger partial charge < -0.3 is 5.73 Å². The van der Waals surface area contributed by atoms with Crippen LogP contribution in [0, 0.1) is 18.6 Å². The summed E-state index contributed by atoms with van der Waals surface area (Å²) in [7, 11) is 0. The lowest BCUT2D eigenvalue weighted by Crippen LogP contribution is -2.22. The molecule has 3 aromatic carbocycles. The van der Waals surface area contributed by atoms with Crippen LogP contribution in [-0.4, -0.2) is 6.30 Å². The second-order valence-corrected chi connectivity index (χ2v) is 7.93. The van der Waals surface area contributed by atoms with E-state index in [9.17, 15) is 22.0 Å². The SMILES string of the molecule is Cc1ccc(C2=C(c3cc(F)c(NC(F)(F)F)c(F)c3)CCCc3cc(N)ccc32)cc1. The van der Waals surface area contributed by atoms with Gasteiger partial charge in [0.1, 0.15) is 17.3 Å². The van der Waals surface area contributed by atoms with Crippen LogP contribution in [0.25, 0.3) is 11.1 Å². The molecule has 2 nitrogen and oxygen atoms in total. The van der Waals surface area contributed by atoms with E-state index in [0.717, 1.165) is 51.7 Å². The second kappa shape index (κ2) is 8.30. The summed E-state index contributed by atoms with van der Waals surface area (Å²) in [6.45, 7) is 1.96. The number of halogens is 5. The molecule has 0 amide bonds. The molecule has 0 atom stereocenters. The average molecular weight is 444 g/mol. The number of nitrogens with two attached hydrogens (primary N) is 1. The third kappa shape index (κ3) is 4.47. The lowest BCUT2D eigenvalue weighted by Gasteiger charge is -2.18. The van der Waals surface area contributed by atoms with Crippen LogP contribution in [0.3, 0.4) is 0 Å². The minimum absolute atomic E-state index is 0.216. The minimum Gasteiger partial charge on any atom is -0.399 e. The first-order chi connectivity index (χ1) is 15.1. The first-order valence-corrected chi connectivity index (χ1v) is 10.2. The van der Waals surface area contributed by atoms with Crippen molar-refractivity contribution in [1.29, 1.82) is 0 Å². The van der Waals surface area contributed by atoms with Gasteiger partial charge in [-0.15, -0.1) is 0 Å². The molecule has 3 aromatic rings. The molecule has 0 bridgehead atoms. The summed E-state index contributed by atoms with van der Waals surface area (Å²) >= 11 is 0. The lowest BCUT2D eigenvalue weighted by molar-refractivity contribution is -0.100. The third-order valence-electron chi connectivity index (χ3n) is 5.57. The number of rotatable bonds is 3. The molecule has 0 heterocycles. The maximum absolute atomic E-state index is 14.6. The van der Waals surface area contributed by atoms with E-state index in [0.29, 0.717) is 24.1 Å². The molecule has 0 fully saturated rings. The fraction of sp³-hybridized carbons (Fsp3) is 0.200. The van der Waals surface area contributed by atoms with Gasteiger partial charge in [0.25, 0.3) is 0 Å². The monoisotopic (exact) mass is 444 g/mol. The quantitative estimate of drug-likeness (QED) is 0.257. The highest BCUT2D eigenvalue weighted by Crippen LogP contribution is 2.41. The Morgan fingerprint density at radius 1 is 0.844 bits per heavy atom. The highest BCUT2D eigenvalue weighted by molar-refractivity contribution is 6.00. The molecule has 166 valence electrons. The topological polar surface area (TPSA) is 38.0 Å². The van der Waals surface area contributed by atoms with E-state index in [1.807, 2.05) is 43.3 Å². The van der Waals surface area contributed by atoms with Gasteiger partial charge in [0, 0.05) is 5.69 Å². The first kappa shape index (κ1) is 21.9. The van der Waals surface area contributed by atoms with Crippen LogP contribution in [0.1, 0.15) is 40.7 Å². The summed E-state index contributed by atoms with van der Waals surface area (Å²) in [6, 6.07) is 15.2. The zero-order valence-corrected chi connectivity index (χ0v) is 17.3. The van der Waals surface area contributed by atoms with Crippen LogP contribution >= 0.6 is 0 Å². The summed E-state index contributed by atoms with van der Waals surface area (Å²) in [5, 5.41) is 0.951. The molecule has 0 saturated carbocycles. The average Bonchev–Trinajstić information content (AvgIpc) is 2.89. The van der Waals surface area contributed by atoms with Crippen LogP contribution in [0.15, 0.2) is 54.6 Å². The first-order valence-electron chi connectivity index (χ1n) is 10.2. The predicted octanol–water partition coefficient (Wildman–Crippen LogP) is 7.08. The Labute approximate surface area is 182 Å². The number of hydrogen-bond donors (Lipinski definition) is 2. The Morgan fingerprint density at radius 2 is 1.50 bits per heavy atom. The second-order valence-electron chi connectivity index (χ2n) is 7.93. The van der Waals surface area contributed by atoms with Crippen LogP contribution in [0.2, 0.25) is 0 Å². The number of hydrogen-bond acceptors (Lipinski definition) is 2. The molecule has 1 aliphatic rings. The Morgan fingerprint density at radius 3 is 2.12 bits per heavy atom. The van der Waals surface area contributed by atoms with Crippen molar-refractivity contribution >= 4 is 22.5 Å². The van der Waals surface area contributed by atoms with Gasteiger partial charge in [0.15, 0.2) is 0 Å². The number of aryl methyl sites for hydroxylation is 2. The molecule has 0 unspecified atom stereocenters. The largest absolute Gasteiger partial charge is 0.482 e. The van der Waals surface area contributed by atoms with Crippen molar-refractivity contribution < 1.29 is 22.0 Å².